The molecule has 0 bridgehead atoms. The van der Waals surface area contributed by atoms with E-state index in [0.29, 0.717) is 24.2 Å². The molecule has 1 aliphatic carbocycles. The molecule has 6 nitrogen and oxygen atoms in total. The molecule has 3 rings (SSSR count). The van der Waals surface area contributed by atoms with Crippen LogP contribution in [0.1, 0.15) is 56.8 Å². The van der Waals surface area contributed by atoms with Crippen LogP contribution in [0.15, 0.2) is 48.8 Å². The Hall–Kier alpha value is -3.02. The van der Waals surface area contributed by atoms with Gasteiger partial charge in [-0.3, -0.25) is 9.97 Å². The maximum absolute atomic E-state index is 11.2. The van der Waals surface area contributed by atoms with Crippen LogP contribution >= 0.6 is 0 Å². The Bertz CT molecular complexity index is 749. The van der Waals surface area contributed by atoms with E-state index in [2.05, 4.69) is 9.97 Å². The Labute approximate surface area is 138 Å². The van der Waals surface area contributed by atoms with Gasteiger partial charge in [0.05, 0.1) is 11.1 Å². The summed E-state index contributed by atoms with van der Waals surface area (Å²) >= 11 is 0. The third kappa shape index (κ3) is 3.17. The van der Waals surface area contributed by atoms with Gasteiger partial charge in [-0.05, 0) is 37.1 Å². The number of pyridine rings is 2. The molecule has 2 heterocycles. The van der Waals surface area contributed by atoms with Crippen LogP contribution in [0.25, 0.3) is 0 Å². The molecular formula is C18H16N2O4. The highest BCUT2D eigenvalue weighted by atomic mass is 16.4. The summed E-state index contributed by atoms with van der Waals surface area (Å²) in [6, 6.07) is 6.09. The van der Waals surface area contributed by atoms with Crippen molar-refractivity contribution >= 4 is 11.9 Å². The molecule has 2 aromatic rings. The summed E-state index contributed by atoms with van der Waals surface area (Å²) in [4.78, 5) is 31.1. The summed E-state index contributed by atoms with van der Waals surface area (Å²) in [5.74, 6) is -2.06. The fourth-order valence-corrected chi connectivity index (χ4v) is 3.04. The zero-order valence-corrected chi connectivity index (χ0v) is 12.8. The van der Waals surface area contributed by atoms with Crippen LogP contribution in [0.5, 0.6) is 0 Å². The minimum atomic E-state index is -0.993. The Morgan fingerprint density at radius 3 is 1.62 bits per heavy atom. The van der Waals surface area contributed by atoms with Crippen molar-refractivity contribution in [2.45, 2.75) is 24.7 Å². The molecule has 2 atom stereocenters. The maximum atomic E-state index is 11.2. The smallest absolute Gasteiger partial charge is 0.335 e. The number of aromatic carboxylic acids is 2. The molecule has 0 fully saturated rings. The van der Waals surface area contributed by atoms with Crippen LogP contribution in [0.3, 0.4) is 0 Å². The van der Waals surface area contributed by atoms with E-state index in [4.69, 9.17) is 10.2 Å². The topological polar surface area (TPSA) is 100 Å². The minimum Gasteiger partial charge on any atom is -0.478 e. The first kappa shape index (κ1) is 15.9. The molecule has 0 spiro atoms. The second kappa shape index (κ2) is 6.62. The summed E-state index contributed by atoms with van der Waals surface area (Å²) in [7, 11) is 0. The lowest BCUT2D eigenvalue weighted by Gasteiger charge is -2.28. The molecule has 0 radical (unpaired) electrons. The first-order valence-corrected chi connectivity index (χ1v) is 7.59. The van der Waals surface area contributed by atoms with Crippen molar-refractivity contribution in [3.8, 4) is 0 Å². The standard InChI is InChI=1S/C18H16N2O4/c21-17(22)11-5-7-19-15(9-11)13-3-1-2-4-14(13)16-10-12(18(23)24)6-8-20-16/h1-2,5-10,13-14H,3-4H2,(H,21,22)(H,23,24). The predicted octanol–water partition coefficient (Wildman–Crippen LogP) is 3.09. The number of hydrogen-bond donors (Lipinski definition) is 2. The Balaban J connectivity index is 1.99. The van der Waals surface area contributed by atoms with Gasteiger partial charge in [0.15, 0.2) is 0 Å². The normalized spacial score (nSPS) is 19.8. The van der Waals surface area contributed by atoms with E-state index in [1.807, 2.05) is 12.2 Å². The molecule has 24 heavy (non-hydrogen) atoms. The van der Waals surface area contributed by atoms with Crippen molar-refractivity contribution in [2.75, 3.05) is 0 Å². The number of carboxylic acids is 2. The van der Waals surface area contributed by atoms with Gasteiger partial charge in [-0.2, -0.15) is 0 Å². The number of aromatic nitrogens is 2. The zero-order valence-electron chi connectivity index (χ0n) is 12.8. The van der Waals surface area contributed by atoms with Crippen molar-refractivity contribution in [3.63, 3.8) is 0 Å². The zero-order chi connectivity index (χ0) is 17.1. The largest absolute Gasteiger partial charge is 0.478 e. The fraction of sp³-hybridized carbons (Fsp3) is 0.222. The second-order valence-electron chi connectivity index (χ2n) is 5.70. The highest BCUT2D eigenvalue weighted by Gasteiger charge is 2.28. The lowest BCUT2D eigenvalue weighted by atomic mass is 9.78. The summed E-state index contributed by atoms with van der Waals surface area (Å²) in [5, 5.41) is 18.3. The Morgan fingerprint density at radius 2 is 1.25 bits per heavy atom. The van der Waals surface area contributed by atoms with Gasteiger partial charge >= 0.3 is 11.9 Å². The average molecular weight is 324 g/mol. The first-order chi connectivity index (χ1) is 11.6. The molecule has 1 aliphatic rings. The Kier molecular flexibility index (Phi) is 4.37. The highest BCUT2D eigenvalue weighted by Crippen LogP contribution is 2.40. The van der Waals surface area contributed by atoms with Gasteiger partial charge in [-0.15, -0.1) is 0 Å². The Morgan fingerprint density at radius 1 is 0.833 bits per heavy atom. The van der Waals surface area contributed by atoms with E-state index in [0.717, 1.165) is 0 Å². The van der Waals surface area contributed by atoms with Crippen LogP contribution in [0.2, 0.25) is 0 Å². The van der Waals surface area contributed by atoms with E-state index in [9.17, 15) is 9.59 Å². The molecule has 2 N–H and O–H groups in total. The van der Waals surface area contributed by atoms with Gasteiger partial charge in [0.25, 0.3) is 0 Å². The molecule has 0 saturated heterocycles. The van der Waals surface area contributed by atoms with E-state index < -0.39 is 11.9 Å². The van der Waals surface area contributed by atoms with Crippen LogP contribution < -0.4 is 0 Å². The van der Waals surface area contributed by atoms with Crippen LogP contribution in [0, 0.1) is 0 Å². The molecule has 0 aromatic carbocycles. The van der Waals surface area contributed by atoms with Crippen molar-refractivity contribution in [1.82, 2.24) is 9.97 Å². The van der Waals surface area contributed by atoms with E-state index in [-0.39, 0.29) is 23.0 Å². The molecule has 122 valence electrons. The molecule has 2 aromatic heterocycles. The second-order valence-corrected chi connectivity index (χ2v) is 5.70. The number of allylic oxidation sites excluding steroid dienone is 2. The number of carboxylic acid groups (broad SMARTS) is 2. The van der Waals surface area contributed by atoms with E-state index in [1.165, 1.54) is 24.5 Å². The SMILES string of the molecule is O=C(O)c1ccnc(C2CC=CCC2c2cc(C(=O)O)ccn2)c1. The lowest BCUT2D eigenvalue weighted by Crippen LogP contribution is -2.17. The lowest BCUT2D eigenvalue weighted by molar-refractivity contribution is 0.0685. The van der Waals surface area contributed by atoms with Crippen molar-refractivity contribution in [3.05, 3.63) is 71.3 Å². The van der Waals surface area contributed by atoms with Gasteiger partial charge in [-0.25, -0.2) is 9.59 Å². The molecular weight excluding hydrogens is 308 g/mol. The molecule has 0 aliphatic heterocycles. The van der Waals surface area contributed by atoms with Gasteiger partial charge in [0.2, 0.25) is 0 Å². The third-order valence-corrected chi connectivity index (χ3v) is 4.25. The maximum Gasteiger partial charge on any atom is 0.335 e. The van der Waals surface area contributed by atoms with Crippen molar-refractivity contribution in [2.24, 2.45) is 0 Å². The first-order valence-electron chi connectivity index (χ1n) is 7.59. The van der Waals surface area contributed by atoms with E-state index >= 15 is 0 Å². The summed E-state index contributed by atoms with van der Waals surface area (Å²) in [6.45, 7) is 0. The molecule has 0 amide bonds. The number of hydrogen-bond acceptors (Lipinski definition) is 4. The van der Waals surface area contributed by atoms with Gasteiger partial charge < -0.3 is 10.2 Å². The van der Waals surface area contributed by atoms with E-state index in [1.54, 1.807) is 12.1 Å². The van der Waals surface area contributed by atoms with Gasteiger partial charge in [-0.1, -0.05) is 12.2 Å². The molecule has 2 unspecified atom stereocenters. The molecule has 0 saturated carbocycles. The number of rotatable bonds is 4. The van der Waals surface area contributed by atoms with Crippen LogP contribution in [0.4, 0.5) is 0 Å². The highest BCUT2D eigenvalue weighted by molar-refractivity contribution is 5.88. The van der Waals surface area contributed by atoms with Crippen molar-refractivity contribution in [1.29, 1.82) is 0 Å². The predicted molar refractivity (Wildman–Crippen MR) is 86.2 cm³/mol. The summed E-state index contributed by atoms with van der Waals surface area (Å²) in [6.07, 6.45) is 8.48. The number of carbonyl (C=O) groups is 2. The third-order valence-electron chi connectivity index (χ3n) is 4.25. The summed E-state index contributed by atoms with van der Waals surface area (Å²) in [5.41, 5.74) is 1.76. The average Bonchev–Trinajstić information content (AvgIpc) is 2.62. The van der Waals surface area contributed by atoms with Gasteiger partial charge in [0, 0.05) is 35.6 Å². The summed E-state index contributed by atoms with van der Waals surface area (Å²) < 4.78 is 0. The molecule has 6 heteroatoms. The van der Waals surface area contributed by atoms with Gasteiger partial charge in [0.1, 0.15) is 0 Å². The van der Waals surface area contributed by atoms with Crippen LogP contribution in [-0.4, -0.2) is 32.1 Å². The monoisotopic (exact) mass is 324 g/mol. The quantitative estimate of drug-likeness (QED) is 0.838. The number of nitrogens with zero attached hydrogens (tertiary/aromatic N) is 2. The fourth-order valence-electron chi connectivity index (χ4n) is 3.04. The van der Waals surface area contributed by atoms with Crippen LogP contribution in [-0.2, 0) is 0 Å². The van der Waals surface area contributed by atoms with Crippen molar-refractivity contribution < 1.29 is 19.8 Å². The minimum absolute atomic E-state index is 0.0363.